The van der Waals surface area contributed by atoms with E-state index in [9.17, 15) is 5.53 Å². The van der Waals surface area contributed by atoms with Crippen molar-refractivity contribution in [3.63, 3.8) is 0 Å². The normalized spacial score (nSPS) is 13.1. The monoisotopic (exact) mass is 745 g/mol. The minimum absolute atomic E-state index is 0.808. The van der Waals surface area contributed by atoms with Gasteiger partial charge in [-0.3, -0.25) is 0 Å². The summed E-state index contributed by atoms with van der Waals surface area (Å²) in [6.07, 6.45) is 20.1. The Morgan fingerprint density at radius 1 is 0.471 bits per heavy atom. The Hall–Kier alpha value is -2.07. The van der Waals surface area contributed by atoms with Crippen LogP contribution in [0, 0.1) is 0 Å². The SMILES string of the molecule is CCCCC1=C(c2cc(CC)c(CCCC)c(CC)c2)[N+](=[N-])C(c2cc(CC)c(CCCC)c(CC)c2)=C1CC.CCCC[O][Ni][O]CCCC. The number of rotatable bonds is 24. The Morgan fingerprint density at radius 2 is 0.824 bits per heavy atom. The standard InChI is InChI=1S/C38H56N2.2C4H9O.Ni/c1-9-17-20-34-27(12-4)23-31(24-28(34)13-5)37-33(16-8)36(22-19-11-3)38(40(37)39)32-25-29(14-6)35(21-18-10-2)30(15-7)26-32;2*1-2-3-4-5;/h23-26H,9-22H2,1-8H3;2*2-4H2,1H3;/q;2*-1;+2. The number of hydrogen-bond acceptors (Lipinski definition) is 2. The fourth-order valence-electron chi connectivity index (χ4n) is 7.19. The van der Waals surface area contributed by atoms with Crippen LogP contribution in [0.3, 0.4) is 0 Å². The van der Waals surface area contributed by atoms with Crippen LogP contribution in [-0.2, 0) is 61.4 Å². The van der Waals surface area contributed by atoms with Crippen molar-refractivity contribution < 1.29 is 27.5 Å². The maximum atomic E-state index is 12.1. The van der Waals surface area contributed by atoms with Gasteiger partial charge in [-0.1, -0.05) is 74.7 Å². The average molecular weight is 746 g/mol. The van der Waals surface area contributed by atoms with Crippen LogP contribution in [0.5, 0.6) is 0 Å². The van der Waals surface area contributed by atoms with Gasteiger partial charge in [-0.2, -0.15) is 0 Å². The van der Waals surface area contributed by atoms with Crippen LogP contribution >= 0.6 is 0 Å². The Bertz CT molecular complexity index is 1350. The summed E-state index contributed by atoms with van der Waals surface area (Å²) in [7, 11) is 0. The average Bonchev–Trinajstić information content (AvgIpc) is 3.44. The molecule has 290 valence electrons. The Kier molecular flexibility index (Phi) is 22.8. The zero-order chi connectivity index (χ0) is 37.6. The number of allylic oxidation sites excluding steroid dienone is 2. The number of nitrogens with zero attached hydrogens (tertiary/aromatic N) is 2. The van der Waals surface area contributed by atoms with E-state index in [1.165, 1.54) is 83.1 Å². The molecule has 0 saturated carbocycles. The third kappa shape index (κ3) is 13.1. The molecular weight excluding hydrogens is 671 g/mol. The van der Waals surface area contributed by atoms with Gasteiger partial charge in [-0.15, -0.1) is 0 Å². The van der Waals surface area contributed by atoms with Crippen molar-refractivity contribution in [1.29, 1.82) is 0 Å². The molecule has 2 aromatic rings. The van der Waals surface area contributed by atoms with Crippen LogP contribution in [0.4, 0.5) is 0 Å². The Labute approximate surface area is 321 Å². The van der Waals surface area contributed by atoms with Gasteiger partial charge in [0.1, 0.15) is 0 Å². The van der Waals surface area contributed by atoms with Crippen molar-refractivity contribution in [1.82, 2.24) is 0 Å². The third-order valence-electron chi connectivity index (χ3n) is 10.2. The first-order valence-electron chi connectivity index (χ1n) is 20.9. The van der Waals surface area contributed by atoms with Crippen LogP contribution < -0.4 is 0 Å². The summed E-state index contributed by atoms with van der Waals surface area (Å²) in [5.41, 5.74) is 28.1. The minimum atomic E-state index is 0.808. The van der Waals surface area contributed by atoms with Gasteiger partial charge in [0, 0.05) is 22.3 Å². The Morgan fingerprint density at radius 3 is 1.16 bits per heavy atom. The molecule has 0 atom stereocenters. The molecule has 0 amide bonds. The number of benzene rings is 2. The summed E-state index contributed by atoms with van der Waals surface area (Å²) in [5.74, 6) is 0. The summed E-state index contributed by atoms with van der Waals surface area (Å²) in [5, 5.41) is 0. The summed E-state index contributed by atoms with van der Waals surface area (Å²) < 4.78 is 11.9. The van der Waals surface area contributed by atoms with Crippen molar-refractivity contribution >= 4 is 11.4 Å². The van der Waals surface area contributed by atoms with E-state index in [4.69, 9.17) is 7.76 Å². The molecule has 0 aliphatic carbocycles. The fourth-order valence-corrected chi connectivity index (χ4v) is 7.72. The number of hydrogen-bond donors (Lipinski definition) is 0. The van der Waals surface area contributed by atoms with E-state index in [0.29, 0.717) is 0 Å². The van der Waals surface area contributed by atoms with Gasteiger partial charge in [0.25, 0.3) is 0 Å². The molecule has 3 rings (SSSR count). The topological polar surface area (TPSA) is 43.8 Å². The second-order valence-electron chi connectivity index (χ2n) is 13.9. The molecule has 4 nitrogen and oxygen atoms in total. The molecule has 0 aromatic heterocycles. The molecular formula is C46H74N2NiO2. The van der Waals surface area contributed by atoms with Gasteiger partial charge < -0.3 is 5.53 Å². The number of unbranched alkanes of at least 4 members (excludes halogenated alkanes) is 5. The van der Waals surface area contributed by atoms with E-state index in [1.807, 2.05) is 0 Å². The van der Waals surface area contributed by atoms with E-state index in [-0.39, 0.29) is 0 Å². The molecule has 1 aliphatic heterocycles. The fraction of sp³-hybridized carbons (Fsp3) is 0.652. The van der Waals surface area contributed by atoms with Gasteiger partial charge in [0.15, 0.2) is 0 Å². The molecule has 0 saturated heterocycles. The van der Waals surface area contributed by atoms with Crippen molar-refractivity contribution in [3.05, 3.63) is 85.5 Å². The van der Waals surface area contributed by atoms with Crippen molar-refractivity contribution in [3.8, 4) is 0 Å². The second-order valence-corrected chi connectivity index (χ2v) is 14.7. The van der Waals surface area contributed by atoms with E-state index in [1.54, 1.807) is 15.8 Å². The first-order valence-corrected chi connectivity index (χ1v) is 21.7. The first-order chi connectivity index (χ1) is 24.8. The second kappa shape index (κ2) is 25.8. The van der Waals surface area contributed by atoms with Gasteiger partial charge in [-0.25, -0.2) is 4.70 Å². The summed E-state index contributed by atoms with van der Waals surface area (Å²) >= 11 is 0.968. The summed E-state index contributed by atoms with van der Waals surface area (Å²) in [6.45, 7) is 24.1. The molecule has 5 heteroatoms. The Balaban J connectivity index is 0.000000705. The first kappa shape index (κ1) is 45.1. The van der Waals surface area contributed by atoms with Crippen molar-refractivity contribution in [2.75, 3.05) is 13.2 Å². The molecule has 0 bridgehead atoms. The van der Waals surface area contributed by atoms with Gasteiger partial charge in [0.2, 0.25) is 11.4 Å². The quantitative estimate of drug-likeness (QED) is 0.0610. The van der Waals surface area contributed by atoms with E-state index >= 15 is 0 Å². The van der Waals surface area contributed by atoms with Gasteiger partial charge in [-0.05, 0) is 128 Å². The van der Waals surface area contributed by atoms with Gasteiger partial charge >= 0.3 is 75.6 Å². The zero-order valence-corrected chi connectivity index (χ0v) is 35.5. The van der Waals surface area contributed by atoms with Crippen molar-refractivity contribution in [2.45, 2.75) is 185 Å². The molecule has 1 heterocycles. The molecule has 0 fully saturated rings. The molecule has 0 spiro atoms. The summed E-state index contributed by atoms with van der Waals surface area (Å²) in [6, 6.07) is 9.57. The number of aryl methyl sites for hydroxylation is 4. The van der Waals surface area contributed by atoms with E-state index in [0.717, 1.165) is 117 Å². The van der Waals surface area contributed by atoms with Gasteiger partial charge in [0.05, 0.1) is 0 Å². The predicted molar refractivity (Wildman–Crippen MR) is 217 cm³/mol. The molecule has 2 aromatic carbocycles. The van der Waals surface area contributed by atoms with Crippen LogP contribution in [-0.4, -0.2) is 17.9 Å². The maximum absolute atomic E-state index is 12.1. The van der Waals surface area contributed by atoms with E-state index < -0.39 is 0 Å². The molecule has 1 aliphatic rings. The molecule has 0 radical (unpaired) electrons. The zero-order valence-electron chi connectivity index (χ0n) is 34.5. The third-order valence-corrected chi connectivity index (χ3v) is 10.8. The molecule has 0 unspecified atom stereocenters. The molecule has 51 heavy (non-hydrogen) atoms. The van der Waals surface area contributed by atoms with Crippen LogP contribution in [0.1, 0.15) is 191 Å². The molecule has 0 N–H and O–H groups in total. The van der Waals surface area contributed by atoms with Crippen LogP contribution in [0.15, 0.2) is 35.4 Å². The predicted octanol–water partition coefficient (Wildman–Crippen LogP) is 13.9. The van der Waals surface area contributed by atoms with Crippen molar-refractivity contribution in [2.24, 2.45) is 0 Å². The summed E-state index contributed by atoms with van der Waals surface area (Å²) in [4.78, 5) is 0. The van der Waals surface area contributed by atoms with E-state index in [2.05, 4.69) is 93.5 Å². The van der Waals surface area contributed by atoms with Crippen LogP contribution in [0.25, 0.3) is 16.9 Å². The van der Waals surface area contributed by atoms with Crippen LogP contribution in [0.2, 0.25) is 0 Å².